The maximum atomic E-state index is 5.63. The van der Waals surface area contributed by atoms with Crippen molar-refractivity contribution in [3.63, 3.8) is 0 Å². The lowest BCUT2D eigenvalue weighted by atomic mass is 10.1. The highest BCUT2D eigenvalue weighted by molar-refractivity contribution is 5.26. The fraction of sp³-hybridized carbons (Fsp3) is 0.538. The monoisotopic (exact) mass is 208 g/mol. The zero-order chi connectivity index (χ0) is 11.3. The van der Waals surface area contributed by atoms with Crippen molar-refractivity contribution in [2.75, 3.05) is 13.2 Å². The largest absolute Gasteiger partial charge is 0.488 e. The van der Waals surface area contributed by atoms with E-state index in [4.69, 9.17) is 4.74 Å². The van der Waals surface area contributed by atoms with Gasteiger partial charge in [0.05, 0.1) is 5.54 Å². The van der Waals surface area contributed by atoms with Gasteiger partial charge in [-0.1, -0.05) is 17.7 Å². The first-order valence-electron chi connectivity index (χ1n) is 5.51. The van der Waals surface area contributed by atoms with E-state index in [1.54, 1.807) is 0 Å². The summed E-state index contributed by atoms with van der Waals surface area (Å²) in [6.07, 6.45) is 0. The molecule has 1 rings (SSSR count). The van der Waals surface area contributed by atoms with E-state index in [1.165, 1.54) is 5.56 Å². The number of hydrogen-bond acceptors (Lipinski definition) is 1. The zero-order valence-corrected chi connectivity index (χ0v) is 10.2. The van der Waals surface area contributed by atoms with E-state index in [9.17, 15) is 0 Å². The molecule has 0 spiro atoms. The zero-order valence-electron chi connectivity index (χ0n) is 10.2. The summed E-state index contributed by atoms with van der Waals surface area (Å²) in [5.41, 5.74) is 1.56. The number of benzene rings is 1. The van der Waals surface area contributed by atoms with Gasteiger partial charge in [0.1, 0.15) is 18.9 Å². The minimum Gasteiger partial charge on any atom is -0.488 e. The van der Waals surface area contributed by atoms with Gasteiger partial charge in [0, 0.05) is 0 Å². The summed E-state index contributed by atoms with van der Waals surface area (Å²) in [6.45, 7) is 10.5. The molecule has 15 heavy (non-hydrogen) atoms. The molecule has 0 aliphatic rings. The fourth-order valence-corrected chi connectivity index (χ4v) is 1.30. The Labute approximate surface area is 92.6 Å². The van der Waals surface area contributed by atoms with Crippen molar-refractivity contribution in [2.24, 2.45) is 0 Å². The number of ether oxygens (including phenoxy) is 1. The van der Waals surface area contributed by atoms with Gasteiger partial charge >= 0.3 is 0 Å². The lowest BCUT2D eigenvalue weighted by molar-refractivity contribution is -0.717. The topological polar surface area (TPSA) is 25.8 Å². The normalized spacial score (nSPS) is 11.5. The molecule has 0 radical (unpaired) electrons. The summed E-state index contributed by atoms with van der Waals surface area (Å²) < 4.78 is 5.63. The first-order chi connectivity index (χ1) is 6.97. The van der Waals surface area contributed by atoms with Crippen molar-refractivity contribution in [3.8, 4) is 5.75 Å². The molecule has 0 unspecified atom stereocenters. The first kappa shape index (κ1) is 12.1. The average Bonchev–Trinajstić information content (AvgIpc) is 2.14. The summed E-state index contributed by atoms with van der Waals surface area (Å²) in [6, 6.07) is 8.18. The van der Waals surface area contributed by atoms with Crippen LogP contribution in [0.25, 0.3) is 0 Å². The molecule has 0 bridgehead atoms. The van der Waals surface area contributed by atoms with E-state index in [0.29, 0.717) is 0 Å². The molecule has 0 atom stereocenters. The van der Waals surface area contributed by atoms with Crippen LogP contribution in [0.15, 0.2) is 24.3 Å². The molecule has 0 fully saturated rings. The first-order valence-corrected chi connectivity index (χ1v) is 5.51. The third-order valence-electron chi connectivity index (χ3n) is 2.16. The smallest absolute Gasteiger partial charge is 0.137 e. The standard InChI is InChI=1S/C13H21NO/c1-11-5-7-12(8-6-11)15-10-9-14-13(2,3)4/h5-8,14H,9-10H2,1-4H3/p+1. The Morgan fingerprint density at radius 3 is 2.27 bits per heavy atom. The maximum Gasteiger partial charge on any atom is 0.137 e. The number of nitrogens with two attached hydrogens (primary N) is 1. The second kappa shape index (κ2) is 5.17. The number of aryl methyl sites for hydroxylation is 1. The molecule has 0 aliphatic heterocycles. The van der Waals surface area contributed by atoms with Crippen LogP contribution in [0.3, 0.4) is 0 Å². The lowest BCUT2D eigenvalue weighted by Gasteiger charge is -2.16. The van der Waals surface area contributed by atoms with Gasteiger partial charge in [-0.3, -0.25) is 0 Å². The van der Waals surface area contributed by atoms with Gasteiger partial charge in [0.25, 0.3) is 0 Å². The van der Waals surface area contributed by atoms with E-state index in [1.807, 2.05) is 12.1 Å². The van der Waals surface area contributed by atoms with E-state index in [2.05, 4.69) is 45.1 Å². The van der Waals surface area contributed by atoms with Gasteiger partial charge in [0.2, 0.25) is 0 Å². The van der Waals surface area contributed by atoms with Crippen molar-refractivity contribution in [3.05, 3.63) is 29.8 Å². The van der Waals surface area contributed by atoms with E-state index < -0.39 is 0 Å². The molecular weight excluding hydrogens is 186 g/mol. The Bertz CT molecular complexity index is 284. The van der Waals surface area contributed by atoms with Crippen LogP contribution in [0.1, 0.15) is 26.3 Å². The summed E-state index contributed by atoms with van der Waals surface area (Å²) >= 11 is 0. The molecule has 84 valence electrons. The van der Waals surface area contributed by atoms with Crippen molar-refractivity contribution < 1.29 is 10.1 Å². The second-order valence-corrected chi connectivity index (χ2v) is 5.02. The average molecular weight is 208 g/mol. The van der Waals surface area contributed by atoms with Gasteiger partial charge in [0.15, 0.2) is 0 Å². The summed E-state index contributed by atoms with van der Waals surface area (Å²) in [5, 5.41) is 2.29. The van der Waals surface area contributed by atoms with Crippen LogP contribution in [0.5, 0.6) is 5.75 Å². The third kappa shape index (κ3) is 5.43. The second-order valence-electron chi connectivity index (χ2n) is 5.02. The minimum atomic E-state index is 0.288. The summed E-state index contributed by atoms with van der Waals surface area (Å²) in [4.78, 5) is 0. The Kier molecular flexibility index (Phi) is 4.15. The van der Waals surface area contributed by atoms with Crippen LogP contribution in [-0.2, 0) is 0 Å². The molecular formula is C13H22NO+. The number of hydrogen-bond donors (Lipinski definition) is 1. The lowest BCUT2D eigenvalue weighted by Crippen LogP contribution is -2.95. The van der Waals surface area contributed by atoms with E-state index in [0.717, 1.165) is 18.9 Å². The summed E-state index contributed by atoms with van der Waals surface area (Å²) in [7, 11) is 0. The molecule has 0 saturated heterocycles. The highest BCUT2D eigenvalue weighted by Gasteiger charge is 2.11. The predicted octanol–water partition coefficient (Wildman–Crippen LogP) is 1.74. The Morgan fingerprint density at radius 1 is 1.13 bits per heavy atom. The highest BCUT2D eigenvalue weighted by atomic mass is 16.5. The van der Waals surface area contributed by atoms with Crippen LogP contribution in [0, 0.1) is 6.92 Å². The van der Waals surface area contributed by atoms with Gasteiger partial charge < -0.3 is 10.1 Å². The van der Waals surface area contributed by atoms with Crippen molar-refractivity contribution in [2.45, 2.75) is 33.2 Å². The minimum absolute atomic E-state index is 0.288. The van der Waals surface area contributed by atoms with E-state index in [-0.39, 0.29) is 5.54 Å². The molecule has 2 N–H and O–H groups in total. The fourth-order valence-electron chi connectivity index (χ4n) is 1.30. The Balaban J connectivity index is 2.23. The third-order valence-corrected chi connectivity index (χ3v) is 2.16. The summed E-state index contributed by atoms with van der Waals surface area (Å²) in [5.74, 6) is 0.961. The van der Waals surface area contributed by atoms with E-state index >= 15 is 0 Å². The quantitative estimate of drug-likeness (QED) is 0.749. The number of rotatable bonds is 4. The van der Waals surface area contributed by atoms with Crippen LogP contribution < -0.4 is 10.1 Å². The predicted molar refractivity (Wildman–Crippen MR) is 63.2 cm³/mol. The van der Waals surface area contributed by atoms with Gasteiger partial charge in [-0.2, -0.15) is 0 Å². The molecule has 0 saturated carbocycles. The Morgan fingerprint density at radius 2 is 1.73 bits per heavy atom. The maximum absolute atomic E-state index is 5.63. The van der Waals surface area contributed by atoms with Crippen LogP contribution in [0.2, 0.25) is 0 Å². The molecule has 2 heteroatoms. The van der Waals surface area contributed by atoms with Gasteiger partial charge in [-0.25, -0.2) is 0 Å². The molecule has 0 aromatic heterocycles. The number of quaternary nitrogens is 1. The molecule has 2 nitrogen and oxygen atoms in total. The molecule has 1 aromatic rings. The molecule has 1 aromatic carbocycles. The van der Waals surface area contributed by atoms with Crippen molar-refractivity contribution in [1.29, 1.82) is 0 Å². The highest BCUT2D eigenvalue weighted by Crippen LogP contribution is 2.10. The molecule has 0 aliphatic carbocycles. The Hall–Kier alpha value is -1.02. The van der Waals surface area contributed by atoms with Crippen LogP contribution in [0.4, 0.5) is 0 Å². The molecule has 0 heterocycles. The van der Waals surface area contributed by atoms with Crippen molar-refractivity contribution in [1.82, 2.24) is 0 Å². The SMILES string of the molecule is Cc1ccc(OCC[NH2+]C(C)(C)C)cc1. The van der Waals surface area contributed by atoms with Crippen LogP contribution >= 0.6 is 0 Å². The molecule has 0 amide bonds. The van der Waals surface area contributed by atoms with Crippen LogP contribution in [-0.4, -0.2) is 18.7 Å². The van der Waals surface area contributed by atoms with Crippen molar-refractivity contribution >= 4 is 0 Å². The van der Waals surface area contributed by atoms with Gasteiger partial charge in [-0.05, 0) is 39.8 Å². The van der Waals surface area contributed by atoms with Gasteiger partial charge in [-0.15, -0.1) is 0 Å².